The summed E-state index contributed by atoms with van der Waals surface area (Å²) in [6, 6.07) is 8.78. The average molecular weight is 339 g/mol. The number of benzene rings is 1. The van der Waals surface area contributed by atoms with Crippen LogP contribution in [0.4, 0.5) is 0 Å². The molecule has 0 saturated heterocycles. The Hall–Kier alpha value is -3.21. The maximum atomic E-state index is 12.1. The molecule has 4 N–H and O–H groups in total. The van der Waals surface area contributed by atoms with E-state index in [1.165, 1.54) is 12.4 Å². The molecule has 1 heterocycles. The second kappa shape index (κ2) is 8.59. The van der Waals surface area contributed by atoms with Crippen LogP contribution in [0.1, 0.15) is 28.4 Å². The summed E-state index contributed by atoms with van der Waals surface area (Å²) >= 11 is 0. The first kappa shape index (κ1) is 18.1. The van der Waals surface area contributed by atoms with E-state index in [4.69, 9.17) is 5.21 Å². The van der Waals surface area contributed by atoms with E-state index in [2.05, 4.69) is 22.1 Å². The number of amides is 2. The second-order valence-electron chi connectivity index (χ2n) is 5.23. The van der Waals surface area contributed by atoms with Crippen molar-refractivity contribution in [3.8, 4) is 11.8 Å². The van der Waals surface area contributed by atoms with Gasteiger partial charge in [-0.05, 0) is 43.3 Å². The molecule has 0 fully saturated rings. The molecule has 1 aromatic carbocycles. The summed E-state index contributed by atoms with van der Waals surface area (Å²) in [6.45, 7) is 1.33. The van der Waals surface area contributed by atoms with Gasteiger partial charge in [-0.1, -0.05) is 11.8 Å². The number of aliphatic hydroxyl groups excluding tert-OH is 1. The first-order chi connectivity index (χ1) is 12.0. The number of aromatic nitrogens is 1. The van der Waals surface area contributed by atoms with Crippen molar-refractivity contribution in [3.05, 3.63) is 65.5 Å². The number of carbonyl (C=O) groups excluding carboxylic acids is 2. The van der Waals surface area contributed by atoms with Crippen molar-refractivity contribution in [1.29, 1.82) is 0 Å². The van der Waals surface area contributed by atoms with Crippen molar-refractivity contribution in [2.24, 2.45) is 0 Å². The van der Waals surface area contributed by atoms with Gasteiger partial charge in [-0.15, -0.1) is 0 Å². The number of hydrogen-bond acceptors (Lipinski definition) is 5. The third-order valence-electron chi connectivity index (χ3n) is 3.34. The van der Waals surface area contributed by atoms with Gasteiger partial charge in [0.05, 0.1) is 6.10 Å². The molecule has 25 heavy (non-hydrogen) atoms. The lowest BCUT2D eigenvalue weighted by Gasteiger charge is -2.19. The molecule has 7 nitrogen and oxygen atoms in total. The number of aliphatic hydroxyl groups is 1. The molecule has 0 spiro atoms. The zero-order valence-corrected chi connectivity index (χ0v) is 13.4. The van der Waals surface area contributed by atoms with Gasteiger partial charge in [-0.2, -0.15) is 0 Å². The molecule has 0 bridgehead atoms. The second-order valence-corrected chi connectivity index (χ2v) is 5.23. The molecule has 0 aliphatic rings. The highest BCUT2D eigenvalue weighted by Gasteiger charge is 2.25. The number of nitrogens with one attached hydrogen (secondary N) is 2. The molecule has 7 heteroatoms. The smallest absolute Gasteiger partial charge is 0.268 e. The van der Waals surface area contributed by atoms with Crippen LogP contribution in [0.3, 0.4) is 0 Å². The fraction of sp³-hybridized carbons (Fsp3) is 0.167. The number of carbonyl (C=O) groups is 2. The first-order valence-corrected chi connectivity index (χ1v) is 7.46. The van der Waals surface area contributed by atoms with E-state index in [9.17, 15) is 14.7 Å². The Morgan fingerprint density at radius 2 is 1.60 bits per heavy atom. The van der Waals surface area contributed by atoms with Crippen molar-refractivity contribution >= 4 is 11.8 Å². The van der Waals surface area contributed by atoms with Crippen molar-refractivity contribution in [1.82, 2.24) is 15.8 Å². The van der Waals surface area contributed by atoms with Gasteiger partial charge in [0.1, 0.15) is 6.04 Å². The van der Waals surface area contributed by atoms with E-state index in [1.807, 2.05) is 0 Å². The number of pyridine rings is 1. The summed E-state index contributed by atoms with van der Waals surface area (Å²) in [5, 5.41) is 20.5. The summed E-state index contributed by atoms with van der Waals surface area (Å²) in [6.07, 6.45) is 2.14. The van der Waals surface area contributed by atoms with Gasteiger partial charge in [-0.25, -0.2) is 5.48 Å². The lowest BCUT2D eigenvalue weighted by Crippen LogP contribution is -2.51. The predicted molar refractivity (Wildman–Crippen MR) is 89.5 cm³/mol. The molecule has 0 aliphatic heterocycles. The summed E-state index contributed by atoms with van der Waals surface area (Å²) in [5.41, 5.74) is 3.25. The number of hydroxylamine groups is 1. The maximum absolute atomic E-state index is 12.1. The van der Waals surface area contributed by atoms with Crippen LogP contribution in [0.2, 0.25) is 0 Å². The summed E-state index contributed by atoms with van der Waals surface area (Å²) in [7, 11) is 0. The maximum Gasteiger partial charge on any atom is 0.268 e. The van der Waals surface area contributed by atoms with E-state index in [0.29, 0.717) is 11.1 Å². The largest absolute Gasteiger partial charge is 0.391 e. The SMILES string of the molecule is C[C@@H](O)[C@H](NC(=O)c1ccc(C#Cc2ccncc2)cc1)C(=O)NO. The van der Waals surface area contributed by atoms with Crippen molar-refractivity contribution in [3.63, 3.8) is 0 Å². The molecular weight excluding hydrogens is 322 g/mol. The van der Waals surface area contributed by atoms with Crippen molar-refractivity contribution in [2.75, 3.05) is 0 Å². The van der Waals surface area contributed by atoms with Gasteiger partial charge in [-0.3, -0.25) is 19.8 Å². The third-order valence-corrected chi connectivity index (χ3v) is 3.34. The van der Waals surface area contributed by atoms with Crippen LogP contribution in [-0.4, -0.2) is 39.3 Å². The molecule has 2 aromatic rings. The van der Waals surface area contributed by atoms with Gasteiger partial charge in [0.15, 0.2) is 0 Å². The molecule has 2 amide bonds. The first-order valence-electron chi connectivity index (χ1n) is 7.46. The van der Waals surface area contributed by atoms with Gasteiger partial charge in [0, 0.05) is 29.1 Å². The Labute approximate surface area is 144 Å². The zero-order chi connectivity index (χ0) is 18.2. The van der Waals surface area contributed by atoms with Crippen LogP contribution in [0.25, 0.3) is 0 Å². The molecule has 1 aromatic heterocycles. The zero-order valence-electron chi connectivity index (χ0n) is 13.4. The fourth-order valence-corrected chi connectivity index (χ4v) is 1.98. The van der Waals surface area contributed by atoms with Crippen molar-refractivity contribution in [2.45, 2.75) is 19.1 Å². The summed E-state index contributed by atoms with van der Waals surface area (Å²) < 4.78 is 0. The Morgan fingerprint density at radius 3 is 2.12 bits per heavy atom. The molecular formula is C18H17N3O4. The molecule has 2 atom stereocenters. The van der Waals surface area contributed by atoms with Gasteiger partial charge in [0.25, 0.3) is 11.8 Å². The van der Waals surface area contributed by atoms with E-state index in [0.717, 1.165) is 5.56 Å². The van der Waals surface area contributed by atoms with Crippen LogP contribution < -0.4 is 10.8 Å². The Bertz CT molecular complexity index is 793. The van der Waals surface area contributed by atoms with Crippen LogP contribution in [0.15, 0.2) is 48.8 Å². The predicted octanol–water partition coefficient (Wildman–Crippen LogP) is 0.466. The number of nitrogens with zero attached hydrogens (tertiary/aromatic N) is 1. The highest BCUT2D eigenvalue weighted by molar-refractivity contribution is 5.97. The van der Waals surface area contributed by atoms with Gasteiger partial charge in [0.2, 0.25) is 0 Å². The van der Waals surface area contributed by atoms with E-state index < -0.39 is 24.0 Å². The Morgan fingerprint density at radius 1 is 1.04 bits per heavy atom. The Kier molecular flexibility index (Phi) is 6.23. The lowest BCUT2D eigenvalue weighted by atomic mass is 10.1. The van der Waals surface area contributed by atoms with Crippen LogP contribution in [0, 0.1) is 11.8 Å². The minimum atomic E-state index is -1.26. The van der Waals surface area contributed by atoms with E-state index >= 15 is 0 Å². The lowest BCUT2D eigenvalue weighted by molar-refractivity contribution is -0.133. The average Bonchev–Trinajstić information content (AvgIpc) is 2.64. The molecule has 0 radical (unpaired) electrons. The van der Waals surface area contributed by atoms with E-state index in [-0.39, 0.29) is 0 Å². The standard InChI is InChI=1S/C18H17N3O4/c1-12(22)16(18(24)21-25)20-17(23)15-6-4-13(5-7-15)2-3-14-8-10-19-11-9-14/h4-12,16,22,25H,1H3,(H,20,23)(H,21,24)/t12-,16+/m1/s1. The summed E-state index contributed by atoms with van der Waals surface area (Å²) in [4.78, 5) is 27.5. The fourth-order valence-electron chi connectivity index (χ4n) is 1.98. The summed E-state index contributed by atoms with van der Waals surface area (Å²) in [5.74, 6) is 4.49. The normalized spacial score (nSPS) is 12.3. The highest BCUT2D eigenvalue weighted by atomic mass is 16.5. The minimum Gasteiger partial charge on any atom is -0.391 e. The molecule has 128 valence electrons. The van der Waals surface area contributed by atoms with Gasteiger partial charge < -0.3 is 10.4 Å². The third kappa shape index (κ3) is 5.14. The molecule has 0 saturated carbocycles. The van der Waals surface area contributed by atoms with Crippen LogP contribution in [-0.2, 0) is 4.79 Å². The topological polar surface area (TPSA) is 112 Å². The minimum absolute atomic E-state index is 0.297. The van der Waals surface area contributed by atoms with Gasteiger partial charge >= 0.3 is 0 Å². The number of rotatable bonds is 4. The van der Waals surface area contributed by atoms with Crippen LogP contribution in [0.5, 0.6) is 0 Å². The highest BCUT2D eigenvalue weighted by Crippen LogP contribution is 2.05. The number of hydrogen-bond donors (Lipinski definition) is 4. The monoisotopic (exact) mass is 339 g/mol. The van der Waals surface area contributed by atoms with Crippen molar-refractivity contribution < 1.29 is 19.9 Å². The van der Waals surface area contributed by atoms with Crippen LogP contribution >= 0.6 is 0 Å². The Balaban J connectivity index is 2.07. The van der Waals surface area contributed by atoms with E-state index in [1.54, 1.807) is 48.8 Å². The molecule has 2 rings (SSSR count). The quantitative estimate of drug-likeness (QED) is 0.367. The molecule has 0 aliphatic carbocycles. The molecule has 0 unspecified atom stereocenters.